The van der Waals surface area contributed by atoms with Gasteiger partial charge in [0.25, 0.3) is 0 Å². The molecule has 1 aromatic rings. The number of rotatable bonds is 5. The van der Waals surface area contributed by atoms with Gasteiger partial charge in [-0.1, -0.05) is 15.9 Å². The lowest BCUT2D eigenvalue weighted by Gasteiger charge is -2.14. The Morgan fingerprint density at radius 1 is 1.47 bits per heavy atom. The number of ether oxygens (including phenoxy) is 2. The van der Waals surface area contributed by atoms with Gasteiger partial charge in [-0.2, -0.15) is 0 Å². The first-order valence-corrected chi connectivity index (χ1v) is 6.82. The molecule has 2 rings (SSSR count). The summed E-state index contributed by atoms with van der Waals surface area (Å²) in [5.74, 6) is 0.925. The highest BCUT2D eigenvalue weighted by atomic mass is 79.9. The molecule has 1 aliphatic heterocycles. The lowest BCUT2D eigenvalue weighted by Crippen LogP contribution is -2.17. The zero-order chi connectivity index (χ0) is 12.1. The molecule has 0 radical (unpaired) electrons. The summed E-state index contributed by atoms with van der Waals surface area (Å²) < 4.78 is 12.4. The van der Waals surface area contributed by atoms with Crippen LogP contribution in [0.3, 0.4) is 0 Å². The summed E-state index contributed by atoms with van der Waals surface area (Å²) in [6, 6.07) is 6.05. The van der Waals surface area contributed by atoms with Gasteiger partial charge >= 0.3 is 0 Å². The summed E-state index contributed by atoms with van der Waals surface area (Å²) >= 11 is 3.46. The Balaban J connectivity index is 1.98. The summed E-state index contributed by atoms with van der Waals surface area (Å²) in [5.41, 5.74) is 6.75. The van der Waals surface area contributed by atoms with Gasteiger partial charge < -0.3 is 15.2 Å². The predicted molar refractivity (Wildman–Crippen MR) is 71.4 cm³/mol. The topological polar surface area (TPSA) is 44.5 Å². The normalized spacial score (nSPS) is 19.5. The molecule has 0 bridgehead atoms. The van der Waals surface area contributed by atoms with Crippen molar-refractivity contribution < 1.29 is 9.47 Å². The minimum Gasteiger partial charge on any atom is -0.491 e. The smallest absolute Gasteiger partial charge is 0.122 e. The Kier molecular flexibility index (Phi) is 4.83. The van der Waals surface area contributed by atoms with Crippen LogP contribution in [0.2, 0.25) is 0 Å². The van der Waals surface area contributed by atoms with Crippen molar-refractivity contribution in [2.45, 2.75) is 25.4 Å². The van der Waals surface area contributed by atoms with Crippen LogP contribution in [-0.2, 0) is 11.2 Å². The maximum Gasteiger partial charge on any atom is 0.122 e. The molecule has 0 spiro atoms. The van der Waals surface area contributed by atoms with E-state index in [1.54, 1.807) is 0 Å². The zero-order valence-electron chi connectivity index (χ0n) is 9.82. The first kappa shape index (κ1) is 12.9. The molecule has 3 nitrogen and oxygen atoms in total. The molecule has 17 heavy (non-hydrogen) atoms. The first-order valence-electron chi connectivity index (χ1n) is 6.02. The lowest BCUT2D eigenvalue weighted by atomic mass is 10.1. The standard InChI is InChI=1S/C13H18BrNO2/c14-11-3-4-13(10(8-11)5-6-15)17-9-12-2-1-7-16-12/h3-4,8,12H,1-2,5-7,9,15H2. The minimum absolute atomic E-state index is 0.254. The zero-order valence-corrected chi connectivity index (χ0v) is 11.4. The number of hydrogen-bond donors (Lipinski definition) is 1. The molecule has 1 saturated heterocycles. The van der Waals surface area contributed by atoms with Crippen molar-refractivity contribution in [3.63, 3.8) is 0 Å². The molecule has 0 aliphatic carbocycles. The van der Waals surface area contributed by atoms with E-state index in [1.807, 2.05) is 12.1 Å². The van der Waals surface area contributed by atoms with Crippen molar-refractivity contribution >= 4 is 15.9 Å². The van der Waals surface area contributed by atoms with Gasteiger partial charge in [-0.25, -0.2) is 0 Å². The van der Waals surface area contributed by atoms with Gasteiger partial charge in [-0.05, 0) is 49.6 Å². The second-order valence-corrected chi connectivity index (χ2v) is 5.15. The van der Waals surface area contributed by atoms with Crippen molar-refractivity contribution in [2.75, 3.05) is 19.8 Å². The van der Waals surface area contributed by atoms with Crippen molar-refractivity contribution in [1.82, 2.24) is 0 Å². The van der Waals surface area contributed by atoms with Gasteiger partial charge in [0.2, 0.25) is 0 Å². The van der Waals surface area contributed by atoms with E-state index in [-0.39, 0.29) is 6.10 Å². The fourth-order valence-electron chi connectivity index (χ4n) is 2.00. The van der Waals surface area contributed by atoms with Crippen molar-refractivity contribution in [2.24, 2.45) is 5.73 Å². The molecule has 1 aliphatic rings. The molecular weight excluding hydrogens is 282 g/mol. The number of hydrogen-bond acceptors (Lipinski definition) is 3. The van der Waals surface area contributed by atoms with Gasteiger partial charge in [-0.3, -0.25) is 0 Å². The number of benzene rings is 1. The van der Waals surface area contributed by atoms with Crippen molar-refractivity contribution in [3.05, 3.63) is 28.2 Å². The quantitative estimate of drug-likeness (QED) is 0.908. The second-order valence-electron chi connectivity index (χ2n) is 4.24. The molecule has 0 amide bonds. The third kappa shape index (κ3) is 3.69. The number of halogens is 1. The highest BCUT2D eigenvalue weighted by Gasteiger charge is 2.16. The molecular formula is C13H18BrNO2. The SMILES string of the molecule is NCCc1cc(Br)ccc1OCC1CCCO1. The first-order chi connectivity index (χ1) is 8.29. The molecule has 1 atom stereocenters. The molecule has 1 fully saturated rings. The van der Waals surface area contributed by atoms with Crippen LogP contribution in [0.5, 0.6) is 5.75 Å². The Morgan fingerprint density at radius 3 is 3.06 bits per heavy atom. The van der Waals surface area contributed by atoms with E-state index in [1.165, 1.54) is 0 Å². The summed E-state index contributed by atoms with van der Waals surface area (Å²) in [6.45, 7) is 2.13. The Labute approximate surface area is 110 Å². The van der Waals surface area contributed by atoms with Gasteiger partial charge in [0, 0.05) is 11.1 Å². The fourth-order valence-corrected chi connectivity index (χ4v) is 2.41. The molecule has 4 heteroatoms. The summed E-state index contributed by atoms with van der Waals surface area (Å²) in [6.07, 6.45) is 3.33. The van der Waals surface area contributed by atoms with Gasteiger partial charge in [-0.15, -0.1) is 0 Å². The third-order valence-corrected chi connectivity index (χ3v) is 3.38. The second kappa shape index (κ2) is 6.38. The average Bonchev–Trinajstić information content (AvgIpc) is 2.81. The Hall–Kier alpha value is -0.580. The molecule has 2 N–H and O–H groups in total. The maximum absolute atomic E-state index is 5.83. The highest BCUT2D eigenvalue weighted by molar-refractivity contribution is 9.10. The van der Waals surface area contributed by atoms with Crippen LogP contribution in [0.15, 0.2) is 22.7 Å². The number of nitrogens with two attached hydrogens (primary N) is 1. The van der Waals surface area contributed by atoms with Crippen molar-refractivity contribution in [1.29, 1.82) is 0 Å². The van der Waals surface area contributed by atoms with Crippen LogP contribution in [0.4, 0.5) is 0 Å². The molecule has 1 unspecified atom stereocenters. The highest BCUT2D eigenvalue weighted by Crippen LogP contribution is 2.24. The molecule has 1 heterocycles. The summed E-state index contributed by atoms with van der Waals surface area (Å²) in [7, 11) is 0. The van der Waals surface area contributed by atoms with E-state index in [9.17, 15) is 0 Å². The summed E-state index contributed by atoms with van der Waals surface area (Å²) in [4.78, 5) is 0. The molecule has 0 aromatic heterocycles. The lowest BCUT2D eigenvalue weighted by molar-refractivity contribution is 0.0676. The maximum atomic E-state index is 5.83. The largest absolute Gasteiger partial charge is 0.491 e. The van der Waals surface area contributed by atoms with Crippen molar-refractivity contribution in [3.8, 4) is 5.75 Å². The fraction of sp³-hybridized carbons (Fsp3) is 0.538. The predicted octanol–water partition coefficient (Wildman–Crippen LogP) is 2.51. The average molecular weight is 300 g/mol. The van der Waals surface area contributed by atoms with E-state index in [0.717, 1.165) is 41.7 Å². The van der Waals surface area contributed by atoms with Gasteiger partial charge in [0.1, 0.15) is 12.4 Å². The van der Waals surface area contributed by atoms with Crippen LogP contribution in [0, 0.1) is 0 Å². The monoisotopic (exact) mass is 299 g/mol. The Bertz CT molecular complexity index is 364. The van der Waals surface area contributed by atoms with Crippen LogP contribution >= 0.6 is 15.9 Å². The van der Waals surface area contributed by atoms with Gasteiger partial charge in [0.15, 0.2) is 0 Å². The minimum atomic E-state index is 0.254. The van der Waals surface area contributed by atoms with Gasteiger partial charge in [0.05, 0.1) is 6.10 Å². The van der Waals surface area contributed by atoms with Crippen LogP contribution < -0.4 is 10.5 Å². The van der Waals surface area contributed by atoms with Crippen LogP contribution in [-0.4, -0.2) is 25.9 Å². The molecule has 0 saturated carbocycles. The van der Waals surface area contributed by atoms with E-state index < -0.39 is 0 Å². The molecule has 94 valence electrons. The third-order valence-electron chi connectivity index (χ3n) is 2.88. The van der Waals surface area contributed by atoms with E-state index in [0.29, 0.717) is 13.2 Å². The molecule has 1 aromatic carbocycles. The van der Waals surface area contributed by atoms with Crippen LogP contribution in [0.1, 0.15) is 18.4 Å². The van der Waals surface area contributed by atoms with Crippen LogP contribution in [0.25, 0.3) is 0 Å². The van der Waals surface area contributed by atoms with E-state index in [4.69, 9.17) is 15.2 Å². The Morgan fingerprint density at radius 2 is 2.35 bits per heavy atom. The summed E-state index contributed by atoms with van der Waals surface area (Å²) in [5, 5.41) is 0. The van der Waals surface area contributed by atoms with E-state index in [2.05, 4.69) is 22.0 Å². The van der Waals surface area contributed by atoms with E-state index >= 15 is 0 Å².